The van der Waals surface area contributed by atoms with E-state index in [9.17, 15) is 4.79 Å². The molecule has 6 heteroatoms. The zero-order valence-electron chi connectivity index (χ0n) is 10.7. The van der Waals surface area contributed by atoms with Crippen LogP contribution in [0.5, 0.6) is 5.75 Å². The molecular weight excluding hydrogens is 264 g/mol. The standard InChI is InChI=1S/C13H14N2O3S/c1-3-18-13(16)12-10(14)11(15-19-12)8-5-4-6-9(7-8)17-2/h4-7H,3,14H2,1-2H3. The summed E-state index contributed by atoms with van der Waals surface area (Å²) >= 11 is 1.04. The van der Waals surface area contributed by atoms with Crippen LogP contribution in [0.25, 0.3) is 11.3 Å². The van der Waals surface area contributed by atoms with Crippen molar-refractivity contribution in [2.45, 2.75) is 6.92 Å². The summed E-state index contributed by atoms with van der Waals surface area (Å²) in [4.78, 5) is 12.0. The Labute approximate surface area is 115 Å². The molecule has 1 aromatic carbocycles. The molecule has 0 bridgehead atoms. The fourth-order valence-electron chi connectivity index (χ4n) is 1.62. The van der Waals surface area contributed by atoms with E-state index in [2.05, 4.69) is 4.37 Å². The van der Waals surface area contributed by atoms with Gasteiger partial charge in [-0.3, -0.25) is 0 Å². The van der Waals surface area contributed by atoms with E-state index in [1.54, 1.807) is 14.0 Å². The summed E-state index contributed by atoms with van der Waals surface area (Å²) in [6.07, 6.45) is 0. The first-order valence-electron chi connectivity index (χ1n) is 5.74. The van der Waals surface area contributed by atoms with Gasteiger partial charge in [-0.05, 0) is 30.6 Å². The van der Waals surface area contributed by atoms with Crippen molar-refractivity contribution in [3.63, 3.8) is 0 Å². The predicted octanol–water partition coefficient (Wildman–Crippen LogP) is 2.58. The molecule has 2 aromatic rings. The second-order valence-electron chi connectivity index (χ2n) is 3.73. The highest BCUT2D eigenvalue weighted by atomic mass is 32.1. The minimum atomic E-state index is -0.438. The monoisotopic (exact) mass is 278 g/mol. The van der Waals surface area contributed by atoms with Crippen LogP contribution >= 0.6 is 11.5 Å². The van der Waals surface area contributed by atoms with Crippen molar-refractivity contribution >= 4 is 23.2 Å². The van der Waals surface area contributed by atoms with Crippen LogP contribution in [-0.4, -0.2) is 24.1 Å². The van der Waals surface area contributed by atoms with E-state index in [1.807, 2.05) is 24.3 Å². The topological polar surface area (TPSA) is 74.4 Å². The quantitative estimate of drug-likeness (QED) is 0.870. The third-order valence-electron chi connectivity index (χ3n) is 2.53. The maximum Gasteiger partial charge on any atom is 0.352 e. The number of rotatable bonds is 4. The van der Waals surface area contributed by atoms with E-state index in [0.29, 0.717) is 28.6 Å². The molecule has 0 saturated carbocycles. The first-order valence-corrected chi connectivity index (χ1v) is 6.51. The number of hydrogen-bond donors (Lipinski definition) is 1. The third-order valence-corrected chi connectivity index (χ3v) is 3.37. The molecule has 2 N–H and O–H groups in total. The van der Waals surface area contributed by atoms with Crippen LogP contribution in [0.1, 0.15) is 16.6 Å². The fraction of sp³-hybridized carbons (Fsp3) is 0.231. The Morgan fingerprint density at radius 3 is 2.95 bits per heavy atom. The van der Waals surface area contributed by atoms with Crippen LogP contribution in [0.15, 0.2) is 24.3 Å². The molecule has 0 aliphatic heterocycles. The zero-order chi connectivity index (χ0) is 13.8. The Morgan fingerprint density at radius 1 is 1.47 bits per heavy atom. The van der Waals surface area contributed by atoms with Crippen LogP contribution in [-0.2, 0) is 4.74 Å². The van der Waals surface area contributed by atoms with Crippen molar-refractivity contribution in [1.29, 1.82) is 0 Å². The summed E-state index contributed by atoms with van der Waals surface area (Å²) in [5, 5.41) is 0. The molecule has 0 spiro atoms. The second-order valence-corrected chi connectivity index (χ2v) is 4.50. The minimum Gasteiger partial charge on any atom is -0.497 e. The summed E-state index contributed by atoms with van der Waals surface area (Å²) in [6.45, 7) is 2.06. The summed E-state index contributed by atoms with van der Waals surface area (Å²) in [5.74, 6) is 0.272. The van der Waals surface area contributed by atoms with Crippen LogP contribution in [0.4, 0.5) is 5.69 Å². The minimum absolute atomic E-state index is 0.310. The lowest BCUT2D eigenvalue weighted by molar-refractivity contribution is 0.0533. The number of carbonyl (C=O) groups excluding carboxylic acids is 1. The van der Waals surface area contributed by atoms with Crippen molar-refractivity contribution < 1.29 is 14.3 Å². The van der Waals surface area contributed by atoms with Gasteiger partial charge in [0.1, 0.15) is 11.4 Å². The number of nitrogen functional groups attached to an aromatic ring is 1. The first-order chi connectivity index (χ1) is 9.17. The van der Waals surface area contributed by atoms with Gasteiger partial charge in [-0.15, -0.1) is 0 Å². The molecule has 5 nitrogen and oxygen atoms in total. The Morgan fingerprint density at radius 2 is 2.26 bits per heavy atom. The van der Waals surface area contributed by atoms with Gasteiger partial charge in [0.25, 0.3) is 0 Å². The number of methoxy groups -OCH3 is 1. The van der Waals surface area contributed by atoms with E-state index in [0.717, 1.165) is 17.1 Å². The molecule has 0 aliphatic carbocycles. The van der Waals surface area contributed by atoms with Gasteiger partial charge in [0.15, 0.2) is 4.88 Å². The number of esters is 1. The number of benzene rings is 1. The molecule has 0 radical (unpaired) electrons. The van der Waals surface area contributed by atoms with Gasteiger partial charge in [-0.25, -0.2) is 4.79 Å². The molecule has 0 saturated heterocycles. The number of carbonyl (C=O) groups is 1. The second kappa shape index (κ2) is 5.71. The van der Waals surface area contributed by atoms with Gasteiger partial charge in [0, 0.05) is 5.56 Å². The third kappa shape index (κ3) is 2.68. The Kier molecular flexibility index (Phi) is 4.01. The molecule has 0 fully saturated rings. The lowest BCUT2D eigenvalue weighted by atomic mass is 10.1. The molecule has 100 valence electrons. The average molecular weight is 278 g/mol. The van der Waals surface area contributed by atoms with E-state index in [1.165, 1.54) is 0 Å². The summed E-state index contributed by atoms with van der Waals surface area (Å²) < 4.78 is 14.3. The van der Waals surface area contributed by atoms with Gasteiger partial charge in [-0.1, -0.05) is 12.1 Å². The molecule has 0 amide bonds. The SMILES string of the molecule is CCOC(=O)c1snc(-c2cccc(OC)c2)c1N. The normalized spacial score (nSPS) is 10.2. The van der Waals surface area contributed by atoms with Gasteiger partial charge in [0.2, 0.25) is 0 Å². The lowest BCUT2D eigenvalue weighted by Gasteiger charge is -2.03. The summed E-state index contributed by atoms with van der Waals surface area (Å²) in [5.41, 5.74) is 7.69. The largest absolute Gasteiger partial charge is 0.497 e. The van der Waals surface area contributed by atoms with Crippen molar-refractivity contribution in [1.82, 2.24) is 4.37 Å². The molecule has 0 atom stereocenters. The number of ether oxygens (including phenoxy) is 2. The molecule has 2 rings (SSSR count). The maximum atomic E-state index is 11.7. The van der Waals surface area contributed by atoms with Gasteiger partial charge in [0.05, 0.1) is 19.4 Å². The van der Waals surface area contributed by atoms with Crippen LogP contribution in [0.3, 0.4) is 0 Å². The van der Waals surface area contributed by atoms with E-state index >= 15 is 0 Å². The molecule has 0 unspecified atom stereocenters. The number of anilines is 1. The van der Waals surface area contributed by atoms with Crippen molar-refractivity contribution in [2.24, 2.45) is 0 Å². The van der Waals surface area contributed by atoms with Gasteiger partial charge >= 0.3 is 5.97 Å². The molecule has 1 heterocycles. The van der Waals surface area contributed by atoms with Crippen LogP contribution < -0.4 is 10.5 Å². The van der Waals surface area contributed by atoms with E-state index < -0.39 is 5.97 Å². The van der Waals surface area contributed by atoms with Crippen molar-refractivity contribution in [3.8, 4) is 17.0 Å². The Hall–Kier alpha value is -2.08. The first kappa shape index (κ1) is 13.4. The summed E-state index contributed by atoms with van der Waals surface area (Å²) in [6, 6.07) is 7.36. The number of aromatic nitrogens is 1. The van der Waals surface area contributed by atoms with Crippen molar-refractivity contribution in [3.05, 3.63) is 29.1 Å². The maximum absolute atomic E-state index is 11.7. The average Bonchev–Trinajstić information content (AvgIpc) is 2.81. The highest BCUT2D eigenvalue weighted by Gasteiger charge is 2.19. The smallest absolute Gasteiger partial charge is 0.352 e. The van der Waals surface area contributed by atoms with Crippen molar-refractivity contribution in [2.75, 3.05) is 19.5 Å². The van der Waals surface area contributed by atoms with Crippen LogP contribution in [0.2, 0.25) is 0 Å². The summed E-state index contributed by atoms with van der Waals surface area (Å²) in [7, 11) is 1.59. The lowest BCUT2D eigenvalue weighted by Crippen LogP contribution is -2.05. The van der Waals surface area contributed by atoms with E-state index in [4.69, 9.17) is 15.2 Å². The molecule has 19 heavy (non-hydrogen) atoms. The molecule has 0 aliphatic rings. The zero-order valence-corrected chi connectivity index (χ0v) is 11.5. The predicted molar refractivity (Wildman–Crippen MR) is 74.5 cm³/mol. The fourth-order valence-corrected chi connectivity index (χ4v) is 2.33. The Bertz CT molecular complexity index is 595. The highest BCUT2D eigenvalue weighted by Crippen LogP contribution is 2.32. The van der Waals surface area contributed by atoms with E-state index in [-0.39, 0.29) is 0 Å². The Balaban J connectivity index is 2.38. The number of hydrogen-bond acceptors (Lipinski definition) is 6. The number of nitrogens with zero attached hydrogens (tertiary/aromatic N) is 1. The molecular formula is C13H14N2O3S. The number of nitrogens with two attached hydrogens (primary N) is 1. The van der Waals surface area contributed by atoms with Gasteiger partial charge < -0.3 is 15.2 Å². The van der Waals surface area contributed by atoms with Crippen LogP contribution in [0, 0.1) is 0 Å². The molecule has 1 aromatic heterocycles. The van der Waals surface area contributed by atoms with Gasteiger partial charge in [-0.2, -0.15) is 4.37 Å². The highest BCUT2D eigenvalue weighted by molar-refractivity contribution is 7.09.